The lowest BCUT2D eigenvalue weighted by Gasteiger charge is -2.35. The third-order valence-electron chi connectivity index (χ3n) is 6.33. The van der Waals surface area contributed by atoms with Crippen LogP contribution in [0.3, 0.4) is 0 Å². The fourth-order valence-electron chi connectivity index (χ4n) is 4.37. The summed E-state index contributed by atoms with van der Waals surface area (Å²) < 4.78 is 0. The van der Waals surface area contributed by atoms with Crippen molar-refractivity contribution >= 4 is 35.2 Å². The Hall–Kier alpha value is -2.78. The normalized spacial score (nSPS) is 21.4. The Kier molecular flexibility index (Phi) is 8.96. The van der Waals surface area contributed by atoms with Gasteiger partial charge in [0.05, 0.1) is 11.9 Å². The van der Waals surface area contributed by atoms with Gasteiger partial charge in [0.1, 0.15) is 17.3 Å². The van der Waals surface area contributed by atoms with Gasteiger partial charge in [0.2, 0.25) is 0 Å². The second-order valence-corrected chi connectivity index (χ2v) is 9.72. The van der Waals surface area contributed by atoms with Crippen molar-refractivity contribution in [3.8, 4) is 5.75 Å². The van der Waals surface area contributed by atoms with Gasteiger partial charge >= 0.3 is 0 Å². The number of nitrogens with one attached hydrogen (secondary N) is 2. The molecule has 1 aromatic carbocycles. The summed E-state index contributed by atoms with van der Waals surface area (Å²) >= 11 is 1.98. The number of thioether (sulfide) groups is 1. The second-order valence-electron chi connectivity index (χ2n) is 8.58. The molecule has 0 saturated carbocycles. The Bertz CT molecular complexity index is 934. The van der Waals surface area contributed by atoms with Crippen LogP contribution in [0.4, 0.5) is 0 Å². The number of para-hydroxylation sites is 1. The fraction of sp³-hybridized carbons (Fsp3) is 0.458. The summed E-state index contributed by atoms with van der Waals surface area (Å²) in [6.07, 6.45) is 10.0. The van der Waals surface area contributed by atoms with Crippen molar-refractivity contribution in [2.24, 2.45) is 22.4 Å². The van der Waals surface area contributed by atoms with E-state index in [1.165, 1.54) is 31.8 Å². The van der Waals surface area contributed by atoms with Crippen LogP contribution in [0, 0.1) is 16.7 Å². The molecule has 0 aromatic heterocycles. The maximum atomic E-state index is 10.00. The van der Waals surface area contributed by atoms with Crippen molar-refractivity contribution in [2.45, 2.75) is 24.5 Å². The molecule has 1 atom stereocenters. The van der Waals surface area contributed by atoms with Gasteiger partial charge in [-0.15, -0.1) is 0 Å². The molecule has 0 radical (unpaired) electrons. The van der Waals surface area contributed by atoms with Crippen LogP contribution in [-0.2, 0) is 0 Å². The number of nitrogens with two attached hydrogens (primary N) is 2. The number of nitrogens with zero attached hydrogens (tertiary/aromatic N) is 3. The second kappa shape index (κ2) is 11.9. The van der Waals surface area contributed by atoms with E-state index in [0.717, 1.165) is 37.7 Å². The maximum Gasteiger partial charge on any atom is 0.141 e. The highest BCUT2D eigenvalue weighted by molar-refractivity contribution is 7.99. The van der Waals surface area contributed by atoms with Crippen molar-refractivity contribution in [2.75, 3.05) is 39.0 Å². The molecule has 2 fully saturated rings. The molecule has 33 heavy (non-hydrogen) atoms. The lowest BCUT2D eigenvalue weighted by molar-refractivity contribution is 0.185. The number of aromatic hydroxyl groups is 1. The number of hydrogen-bond acceptors (Lipinski definition) is 8. The van der Waals surface area contributed by atoms with Gasteiger partial charge in [-0.1, -0.05) is 12.1 Å². The average Bonchev–Trinajstić information content (AvgIpc) is 3.27. The topological polar surface area (TPSA) is 139 Å². The first kappa shape index (κ1) is 24.9. The van der Waals surface area contributed by atoms with E-state index in [2.05, 4.69) is 21.0 Å². The van der Waals surface area contributed by atoms with Gasteiger partial charge in [-0.2, -0.15) is 11.8 Å². The predicted octanol–water partition coefficient (Wildman–Crippen LogP) is 2.71. The summed E-state index contributed by atoms with van der Waals surface area (Å²) in [4.78, 5) is 9.11. The number of phenolic OH excluding ortho intramolecular Hbond substituents is 1. The van der Waals surface area contributed by atoms with Crippen molar-refractivity contribution in [3.63, 3.8) is 0 Å². The first-order valence-electron chi connectivity index (χ1n) is 11.3. The molecule has 0 amide bonds. The van der Waals surface area contributed by atoms with Crippen LogP contribution in [-0.4, -0.2) is 76.9 Å². The van der Waals surface area contributed by atoms with E-state index in [4.69, 9.17) is 22.3 Å². The summed E-state index contributed by atoms with van der Waals surface area (Å²) in [5.41, 5.74) is 13.4. The highest BCUT2D eigenvalue weighted by atomic mass is 32.2. The first-order valence-corrected chi connectivity index (χ1v) is 12.6. The lowest BCUT2D eigenvalue weighted by Crippen LogP contribution is -2.38. The summed E-state index contributed by atoms with van der Waals surface area (Å²) in [7, 11) is 0. The molecular formula is C24H35N7OS. The number of phenols is 1. The third-order valence-corrected chi connectivity index (χ3v) is 7.38. The standard InChI is InChI=1S/C24H35N7OS/c1-33-19-8-9-30(16-19)15-17-6-10-31(11-7-17)18(13-25)14-29-22(24(27)28)12-21(26)20-4-2-3-5-23(20)32/h2-5,12-14,17,19,25,32H,6-11,15-16,26H2,1H3,(H3,27,28)/b18-14+,21-12?,25-13?,29-22?. The predicted molar refractivity (Wildman–Crippen MR) is 139 cm³/mol. The number of benzene rings is 1. The SMILES string of the molecule is CSC1CCN(CC2CCN(/C(C=N)=C/N=C(C=C(N)c3ccccc3O)C(=N)N)CC2)C1. The van der Waals surface area contributed by atoms with Crippen molar-refractivity contribution in [3.05, 3.63) is 47.8 Å². The number of amidine groups is 1. The molecular weight excluding hydrogens is 434 g/mol. The van der Waals surface area contributed by atoms with E-state index in [-0.39, 0.29) is 23.0 Å². The molecule has 2 heterocycles. The van der Waals surface area contributed by atoms with Crippen LogP contribution >= 0.6 is 11.8 Å². The molecule has 1 unspecified atom stereocenters. The van der Waals surface area contributed by atoms with Crippen LogP contribution in [0.15, 0.2) is 47.2 Å². The van der Waals surface area contributed by atoms with E-state index in [9.17, 15) is 5.11 Å². The van der Waals surface area contributed by atoms with Gasteiger partial charge in [0.25, 0.3) is 0 Å². The average molecular weight is 470 g/mol. The van der Waals surface area contributed by atoms with Crippen LogP contribution in [0.25, 0.3) is 5.70 Å². The van der Waals surface area contributed by atoms with Crippen LogP contribution in [0.5, 0.6) is 5.75 Å². The molecule has 0 bridgehead atoms. The van der Waals surface area contributed by atoms with E-state index in [1.807, 2.05) is 11.8 Å². The molecule has 0 spiro atoms. The van der Waals surface area contributed by atoms with Crippen molar-refractivity contribution < 1.29 is 5.11 Å². The third kappa shape index (κ3) is 6.85. The largest absolute Gasteiger partial charge is 0.507 e. The lowest BCUT2D eigenvalue weighted by atomic mass is 9.96. The van der Waals surface area contributed by atoms with Crippen LogP contribution < -0.4 is 11.5 Å². The molecule has 178 valence electrons. The Balaban J connectivity index is 1.64. The Morgan fingerprint density at radius 2 is 1.94 bits per heavy atom. The smallest absolute Gasteiger partial charge is 0.141 e. The Labute approximate surface area is 200 Å². The Morgan fingerprint density at radius 1 is 1.21 bits per heavy atom. The monoisotopic (exact) mass is 469 g/mol. The number of allylic oxidation sites excluding steroid dienone is 1. The van der Waals surface area contributed by atoms with E-state index in [1.54, 1.807) is 30.5 Å². The highest BCUT2D eigenvalue weighted by Gasteiger charge is 2.26. The molecule has 1 aromatic rings. The number of likely N-dealkylation sites (tertiary alicyclic amines) is 2. The molecule has 9 heteroatoms. The van der Waals surface area contributed by atoms with Gasteiger partial charge in [-0.25, -0.2) is 0 Å². The fourth-order valence-corrected chi connectivity index (χ4v) is 5.07. The summed E-state index contributed by atoms with van der Waals surface area (Å²) in [5.74, 6) is 0.499. The summed E-state index contributed by atoms with van der Waals surface area (Å²) in [6, 6.07) is 6.70. The van der Waals surface area contributed by atoms with E-state index < -0.39 is 0 Å². The zero-order valence-corrected chi connectivity index (χ0v) is 20.0. The van der Waals surface area contributed by atoms with E-state index >= 15 is 0 Å². The minimum atomic E-state index is -0.234. The molecule has 2 aliphatic rings. The Morgan fingerprint density at radius 3 is 2.55 bits per heavy atom. The number of rotatable bonds is 9. The first-order chi connectivity index (χ1) is 15.9. The van der Waals surface area contributed by atoms with Crippen molar-refractivity contribution in [1.29, 1.82) is 10.8 Å². The van der Waals surface area contributed by atoms with Crippen molar-refractivity contribution in [1.82, 2.24) is 9.80 Å². The van der Waals surface area contributed by atoms with Gasteiger partial charge in [0, 0.05) is 48.9 Å². The number of aliphatic imine (C=N–C) groups is 1. The molecule has 0 aliphatic carbocycles. The van der Waals surface area contributed by atoms with Crippen LogP contribution in [0.1, 0.15) is 24.8 Å². The van der Waals surface area contributed by atoms with Gasteiger partial charge in [-0.3, -0.25) is 10.4 Å². The van der Waals surface area contributed by atoms with Gasteiger partial charge in [0.15, 0.2) is 0 Å². The molecule has 2 saturated heterocycles. The molecule has 8 nitrogen and oxygen atoms in total. The zero-order chi connectivity index (χ0) is 23.8. The highest BCUT2D eigenvalue weighted by Crippen LogP contribution is 2.25. The number of piperidine rings is 1. The zero-order valence-electron chi connectivity index (χ0n) is 19.2. The van der Waals surface area contributed by atoms with Crippen LogP contribution in [0.2, 0.25) is 0 Å². The summed E-state index contributed by atoms with van der Waals surface area (Å²) in [5, 5.41) is 26.5. The van der Waals surface area contributed by atoms with Gasteiger partial charge < -0.3 is 31.8 Å². The maximum absolute atomic E-state index is 10.00. The minimum absolute atomic E-state index is 0.0469. The molecule has 7 N–H and O–H groups in total. The number of hydrogen-bond donors (Lipinski definition) is 5. The summed E-state index contributed by atoms with van der Waals surface area (Å²) in [6.45, 7) is 5.33. The molecule has 3 rings (SSSR count). The van der Waals surface area contributed by atoms with E-state index in [0.29, 0.717) is 17.2 Å². The quantitative estimate of drug-likeness (QED) is 0.278. The molecule has 2 aliphatic heterocycles. The minimum Gasteiger partial charge on any atom is -0.507 e. The van der Waals surface area contributed by atoms with Gasteiger partial charge in [-0.05, 0) is 56.2 Å².